The first-order valence-corrected chi connectivity index (χ1v) is 8.76. The lowest BCUT2D eigenvalue weighted by molar-refractivity contribution is 0.581. The van der Waals surface area contributed by atoms with E-state index in [4.69, 9.17) is 11.6 Å². The van der Waals surface area contributed by atoms with Crippen molar-refractivity contribution in [3.8, 4) is 0 Å². The predicted octanol–water partition coefficient (Wildman–Crippen LogP) is 0.448. The van der Waals surface area contributed by atoms with Crippen LogP contribution in [0.3, 0.4) is 0 Å². The Morgan fingerprint density at radius 1 is 1.33 bits per heavy atom. The minimum atomic E-state index is -3.83. The van der Waals surface area contributed by atoms with E-state index in [9.17, 15) is 16.8 Å². The van der Waals surface area contributed by atoms with E-state index < -0.39 is 19.9 Å². The van der Waals surface area contributed by atoms with Crippen molar-refractivity contribution in [1.82, 2.24) is 9.71 Å². The molecule has 0 spiro atoms. The fraction of sp³-hybridized carbons (Fsp3) is 0.444. The van der Waals surface area contributed by atoms with Gasteiger partial charge in [-0.1, -0.05) is 18.5 Å². The average Bonchev–Trinajstić information content (AvgIpc) is 2.29. The van der Waals surface area contributed by atoms with Gasteiger partial charge in [0.1, 0.15) is 4.90 Å². The zero-order valence-corrected chi connectivity index (χ0v) is 12.0. The second-order valence-electron chi connectivity index (χ2n) is 3.44. The van der Waals surface area contributed by atoms with E-state index in [2.05, 4.69) is 9.71 Å². The number of pyridine rings is 1. The van der Waals surface area contributed by atoms with Gasteiger partial charge in [0.2, 0.25) is 10.0 Å². The largest absolute Gasteiger partial charge is 0.263 e. The first-order chi connectivity index (χ1) is 8.28. The Morgan fingerprint density at radius 3 is 2.56 bits per heavy atom. The maximum atomic E-state index is 11.8. The van der Waals surface area contributed by atoms with E-state index in [1.54, 1.807) is 0 Å². The predicted molar refractivity (Wildman–Crippen MR) is 68.8 cm³/mol. The Labute approximate surface area is 111 Å². The Bertz CT molecular complexity index is 613. The molecule has 0 fully saturated rings. The van der Waals surface area contributed by atoms with Gasteiger partial charge in [0.15, 0.2) is 9.84 Å². The van der Waals surface area contributed by atoms with Gasteiger partial charge < -0.3 is 0 Å². The molecule has 0 aliphatic carbocycles. The lowest BCUT2D eigenvalue weighted by Gasteiger charge is -2.07. The molecule has 1 aromatic heterocycles. The topological polar surface area (TPSA) is 93.2 Å². The number of sulfone groups is 1. The molecule has 6 nitrogen and oxygen atoms in total. The molecule has 0 aliphatic rings. The number of sulfonamides is 1. The smallest absolute Gasteiger partial charge is 0.243 e. The standard InChI is InChI=1S/C9H13ClN2O4S2/c1-2-17(13,14)6-5-12-18(15,16)9-7-11-4-3-8(9)10/h3-4,7,12H,2,5-6H2,1H3. The quantitative estimate of drug-likeness (QED) is 0.823. The van der Waals surface area contributed by atoms with E-state index in [1.165, 1.54) is 19.2 Å². The Kier molecular flexibility index (Phi) is 5.09. The minimum Gasteiger partial charge on any atom is -0.263 e. The summed E-state index contributed by atoms with van der Waals surface area (Å²) in [6.45, 7) is 1.31. The van der Waals surface area contributed by atoms with Gasteiger partial charge in [-0.05, 0) is 6.07 Å². The summed E-state index contributed by atoms with van der Waals surface area (Å²) in [5.74, 6) is -0.275. The molecule has 1 aromatic rings. The molecule has 0 aromatic carbocycles. The van der Waals surface area contributed by atoms with E-state index in [-0.39, 0.29) is 28.0 Å². The van der Waals surface area contributed by atoms with Gasteiger partial charge >= 0.3 is 0 Å². The molecule has 0 amide bonds. The summed E-state index contributed by atoms with van der Waals surface area (Å²) in [5.41, 5.74) is 0. The van der Waals surface area contributed by atoms with E-state index >= 15 is 0 Å². The normalized spacial score (nSPS) is 12.6. The number of aromatic nitrogens is 1. The average molecular weight is 313 g/mol. The number of nitrogens with one attached hydrogen (secondary N) is 1. The molecule has 102 valence electrons. The van der Waals surface area contributed by atoms with Gasteiger partial charge in [-0.2, -0.15) is 0 Å². The van der Waals surface area contributed by atoms with Crippen molar-refractivity contribution < 1.29 is 16.8 Å². The van der Waals surface area contributed by atoms with E-state index in [0.29, 0.717) is 0 Å². The van der Waals surface area contributed by atoms with Gasteiger partial charge in [0.05, 0.1) is 10.8 Å². The number of hydrogen-bond donors (Lipinski definition) is 1. The van der Waals surface area contributed by atoms with Crippen LogP contribution in [0.25, 0.3) is 0 Å². The molecule has 1 rings (SSSR count). The summed E-state index contributed by atoms with van der Waals surface area (Å²) >= 11 is 5.73. The highest BCUT2D eigenvalue weighted by Crippen LogP contribution is 2.18. The first kappa shape index (κ1) is 15.4. The summed E-state index contributed by atoms with van der Waals surface area (Å²) in [4.78, 5) is 3.50. The molecule has 9 heteroatoms. The third kappa shape index (κ3) is 4.20. The first-order valence-electron chi connectivity index (χ1n) is 5.08. The van der Waals surface area contributed by atoms with Gasteiger partial charge in [0.25, 0.3) is 0 Å². The monoisotopic (exact) mass is 312 g/mol. The second-order valence-corrected chi connectivity index (χ2v) is 8.06. The van der Waals surface area contributed by atoms with Crippen molar-refractivity contribution in [2.45, 2.75) is 11.8 Å². The van der Waals surface area contributed by atoms with Crippen LogP contribution in [0.4, 0.5) is 0 Å². The molecule has 0 saturated heterocycles. The SMILES string of the molecule is CCS(=O)(=O)CCNS(=O)(=O)c1cnccc1Cl. The summed E-state index contributed by atoms with van der Waals surface area (Å²) in [7, 11) is -7.04. The molecular formula is C9H13ClN2O4S2. The second kappa shape index (κ2) is 5.96. The third-order valence-electron chi connectivity index (χ3n) is 2.17. The molecule has 0 atom stereocenters. The highest BCUT2D eigenvalue weighted by molar-refractivity contribution is 7.91. The van der Waals surface area contributed by atoms with Gasteiger partial charge in [-0.25, -0.2) is 21.6 Å². The highest BCUT2D eigenvalue weighted by Gasteiger charge is 2.18. The van der Waals surface area contributed by atoms with Crippen LogP contribution in [0.5, 0.6) is 0 Å². The van der Waals surface area contributed by atoms with Gasteiger partial charge in [0, 0.05) is 24.7 Å². The number of hydrogen-bond acceptors (Lipinski definition) is 5. The van der Waals surface area contributed by atoms with Gasteiger partial charge in [-0.3, -0.25) is 4.98 Å². The summed E-state index contributed by atoms with van der Waals surface area (Å²) in [5, 5.41) is 0.0378. The van der Waals surface area contributed by atoms with Crippen LogP contribution in [0.15, 0.2) is 23.4 Å². The van der Waals surface area contributed by atoms with Crippen molar-refractivity contribution >= 4 is 31.5 Å². The van der Waals surface area contributed by atoms with Crippen molar-refractivity contribution in [2.75, 3.05) is 18.1 Å². The highest BCUT2D eigenvalue weighted by atomic mass is 35.5. The number of halogens is 1. The Balaban J connectivity index is 2.76. The van der Waals surface area contributed by atoms with Crippen molar-refractivity contribution in [3.63, 3.8) is 0 Å². The molecular weight excluding hydrogens is 300 g/mol. The molecule has 0 unspecified atom stereocenters. The maximum Gasteiger partial charge on any atom is 0.243 e. The zero-order chi connectivity index (χ0) is 13.8. The van der Waals surface area contributed by atoms with Crippen LogP contribution in [-0.2, 0) is 19.9 Å². The van der Waals surface area contributed by atoms with Crippen LogP contribution in [0, 0.1) is 0 Å². The summed E-state index contributed by atoms with van der Waals surface area (Å²) in [6, 6.07) is 1.35. The maximum absolute atomic E-state index is 11.8. The number of nitrogens with zero attached hydrogens (tertiary/aromatic N) is 1. The molecule has 1 heterocycles. The minimum absolute atomic E-state index is 0.0254. The van der Waals surface area contributed by atoms with Crippen molar-refractivity contribution in [2.24, 2.45) is 0 Å². The van der Waals surface area contributed by atoms with Crippen molar-refractivity contribution in [3.05, 3.63) is 23.5 Å². The Morgan fingerprint density at radius 2 is 2.00 bits per heavy atom. The van der Waals surface area contributed by atoms with Crippen LogP contribution in [0.1, 0.15) is 6.92 Å². The van der Waals surface area contributed by atoms with E-state index in [1.807, 2.05) is 0 Å². The molecule has 0 radical (unpaired) electrons. The van der Waals surface area contributed by atoms with Crippen LogP contribution in [-0.4, -0.2) is 39.9 Å². The molecule has 0 bridgehead atoms. The fourth-order valence-corrected chi connectivity index (χ4v) is 3.41. The summed E-state index contributed by atoms with van der Waals surface area (Å²) < 4.78 is 48.2. The van der Waals surface area contributed by atoms with Gasteiger partial charge in [-0.15, -0.1) is 0 Å². The van der Waals surface area contributed by atoms with Crippen LogP contribution < -0.4 is 4.72 Å². The van der Waals surface area contributed by atoms with E-state index in [0.717, 1.165) is 6.20 Å². The van der Waals surface area contributed by atoms with Crippen molar-refractivity contribution in [1.29, 1.82) is 0 Å². The fourth-order valence-electron chi connectivity index (χ4n) is 1.11. The molecule has 18 heavy (non-hydrogen) atoms. The summed E-state index contributed by atoms with van der Waals surface area (Å²) in [6.07, 6.45) is 2.47. The lowest BCUT2D eigenvalue weighted by Crippen LogP contribution is -2.30. The van der Waals surface area contributed by atoms with Crippen LogP contribution >= 0.6 is 11.6 Å². The molecule has 1 N–H and O–H groups in total. The number of rotatable bonds is 6. The third-order valence-corrected chi connectivity index (χ3v) is 5.80. The Hall–Kier alpha value is -0.700. The van der Waals surface area contributed by atoms with Crippen LogP contribution in [0.2, 0.25) is 5.02 Å². The molecule has 0 saturated carbocycles. The lowest BCUT2D eigenvalue weighted by atomic mass is 10.5. The zero-order valence-electron chi connectivity index (χ0n) is 9.63. The molecule has 0 aliphatic heterocycles.